The molecule has 17 heavy (non-hydrogen) atoms. The van der Waals surface area contributed by atoms with Crippen molar-refractivity contribution in [1.29, 1.82) is 0 Å². The van der Waals surface area contributed by atoms with Gasteiger partial charge in [-0.05, 0) is 31.8 Å². The smallest absolute Gasteiger partial charge is 0.217 e. The van der Waals surface area contributed by atoms with Crippen LogP contribution in [0.1, 0.15) is 24.3 Å². The lowest BCUT2D eigenvalue weighted by molar-refractivity contribution is -0.119. The topological polar surface area (TPSA) is 98.1 Å². The minimum absolute atomic E-state index is 0.194. The number of likely N-dealkylation sites (tertiary alicyclic amines) is 1. The molecule has 0 unspecified atom stereocenters. The second kappa shape index (κ2) is 5.42. The van der Waals surface area contributed by atoms with Crippen LogP contribution in [0.4, 0.5) is 5.13 Å². The highest BCUT2D eigenvalue weighted by atomic mass is 32.1. The molecule has 0 spiro atoms. The number of nitrogens with two attached hydrogens (primary N) is 2. The van der Waals surface area contributed by atoms with E-state index in [1.54, 1.807) is 0 Å². The van der Waals surface area contributed by atoms with Crippen molar-refractivity contribution >= 4 is 22.4 Å². The average Bonchev–Trinajstić information content (AvgIpc) is 2.66. The van der Waals surface area contributed by atoms with Gasteiger partial charge < -0.3 is 11.5 Å². The van der Waals surface area contributed by atoms with Crippen LogP contribution in [0.2, 0.25) is 0 Å². The molecular formula is C10H17N5OS. The van der Waals surface area contributed by atoms with E-state index in [0.29, 0.717) is 17.5 Å². The fourth-order valence-electron chi connectivity index (χ4n) is 2.15. The van der Waals surface area contributed by atoms with E-state index in [0.717, 1.165) is 37.5 Å². The number of hydrogen-bond donors (Lipinski definition) is 2. The summed E-state index contributed by atoms with van der Waals surface area (Å²) in [4.78, 5) is 13.1. The molecule has 1 fully saturated rings. The molecule has 0 bridgehead atoms. The van der Waals surface area contributed by atoms with E-state index in [1.807, 2.05) is 0 Å². The molecular weight excluding hydrogens is 238 g/mol. The van der Waals surface area contributed by atoms with E-state index >= 15 is 0 Å². The molecule has 0 saturated carbocycles. The van der Waals surface area contributed by atoms with Gasteiger partial charge in [-0.15, -0.1) is 10.2 Å². The van der Waals surface area contributed by atoms with Crippen molar-refractivity contribution in [3.8, 4) is 0 Å². The third-order valence-electron chi connectivity index (χ3n) is 3.04. The van der Waals surface area contributed by atoms with Gasteiger partial charge in [-0.2, -0.15) is 0 Å². The Kier molecular flexibility index (Phi) is 3.90. The SMILES string of the molecule is NC(=O)CC1CCN(Cc2nnc(N)s2)CC1. The molecule has 2 heterocycles. The van der Waals surface area contributed by atoms with Crippen LogP contribution in [0.15, 0.2) is 0 Å². The lowest BCUT2D eigenvalue weighted by Crippen LogP contribution is -2.34. The summed E-state index contributed by atoms with van der Waals surface area (Å²) >= 11 is 1.43. The maximum atomic E-state index is 10.8. The van der Waals surface area contributed by atoms with E-state index in [2.05, 4.69) is 15.1 Å². The number of aromatic nitrogens is 2. The highest BCUT2D eigenvalue weighted by molar-refractivity contribution is 7.15. The van der Waals surface area contributed by atoms with Crippen LogP contribution in [-0.2, 0) is 11.3 Å². The predicted molar refractivity (Wildman–Crippen MR) is 66.1 cm³/mol. The molecule has 0 aromatic carbocycles. The first-order valence-electron chi connectivity index (χ1n) is 5.72. The van der Waals surface area contributed by atoms with Crippen LogP contribution >= 0.6 is 11.3 Å². The number of nitrogen functional groups attached to an aromatic ring is 1. The fraction of sp³-hybridized carbons (Fsp3) is 0.700. The predicted octanol–water partition coefficient (Wildman–Crippen LogP) is 0.208. The fourth-order valence-corrected chi connectivity index (χ4v) is 2.81. The molecule has 0 radical (unpaired) electrons. The first kappa shape index (κ1) is 12.3. The Balaban J connectivity index is 1.77. The standard InChI is InChI=1S/C10H17N5OS/c11-8(16)5-7-1-3-15(4-2-7)6-9-13-14-10(12)17-9/h7H,1-6H2,(H2,11,16)(H2,12,14). The first-order chi connectivity index (χ1) is 8.13. The molecule has 1 aromatic heterocycles. The maximum absolute atomic E-state index is 10.8. The molecule has 4 N–H and O–H groups in total. The van der Waals surface area contributed by atoms with Crippen LogP contribution in [0.3, 0.4) is 0 Å². The van der Waals surface area contributed by atoms with E-state index in [1.165, 1.54) is 11.3 Å². The van der Waals surface area contributed by atoms with E-state index in [4.69, 9.17) is 11.5 Å². The van der Waals surface area contributed by atoms with Gasteiger partial charge in [-0.1, -0.05) is 11.3 Å². The van der Waals surface area contributed by atoms with Crippen molar-refractivity contribution in [2.45, 2.75) is 25.8 Å². The van der Waals surface area contributed by atoms with Crippen molar-refractivity contribution in [2.24, 2.45) is 11.7 Å². The van der Waals surface area contributed by atoms with Crippen molar-refractivity contribution in [3.05, 3.63) is 5.01 Å². The minimum atomic E-state index is -0.194. The highest BCUT2D eigenvalue weighted by Crippen LogP contribution is 2.22. The van der Waals surface area contributed by atoms with Crippen molar-refractivity contribution in [1.82, 2.24) is 15.1 Å². The van der Waals surface area contributed by atoms with E-state index in [9.17, 15) is 4.79 Å². The van der Waals surface area contributed by atoms with Gasteiger partial charge in [0.2, 0.25) is 11.0 Å². The zero-order chi connectivity index (χ0) is 12.3. The molecule has 1 aliphatic rings. The summed E-state index contributed by atoms with van der Waals surface area (Å²) in [5, 5.41) is 9.27. The minimum Gasteiger partial charge on any atom is -0.374 e. The number of rotatable bonds is 4. The highest BCUT2D eigenvalue weighted by Gasteiger charge is 2.21. The summed E-state index contributed by atoms with van der Waals surface area (Å²) in [6, 6.07) is 0. The van der Waals surface area contributed by atoms with Gasteiger partial charge in [-0.3, -0.25) is 9.69 Å². The maximum Gasteiger partial charge on any atom is 0.217 e. The average molecular weight is 255 g/mol. The van der Waals surface area contributed by atoms with Crippen LogP contribution in [0.5, 0.6) is 0 Å². The molecule has 2 rings (SSSR count). The number of nitrogens with zero attached hydrogens (tertiary/aromatic N) is 3. The number of carbonyl (C=O) groups excluding carboxylic acids is 1. The summed E-state index contributed by atoms with van der Waals surface area (Å²) in [5.41, 5.74) is 10.7. The van der Waals surface area contributed by atoms with Gasteiger partial charge in [0.15, 0.2) is 0 Å². The summed E-state index contributed by atoms with van der Waals surface area (Å²) < 4.78 is 0. The summed E-state index contributed by atoms with van der Waals surface area (Å²) in [5.74, 6) is 0.253. The van der Waals surface area contributed by atoms with Gasteiger partial charge >= 0.3 is 0 Å². The number of amides is 1. The number of carbonyl (C=O) groups is 1. The van der Waals surface area contributed by atoms with Gasteiger partial charge in [0.1, 0.15) is 5.01 Å². The molecule has 6 nitrogen and oxygen atoms in total. The Hall–Kier alpha value is -1.21. The molecule has 1 aliphatic heterocycles. The molecule has 1 aromatic rings. The lowest BCUT2D eigenvalue weighted by atomic mass is 9.93. The Bertz CT molecular complexity index is 386. The third-order valence-corrected chi connectivity index (χ3v) is 3.78. The molecule has 0 atom stereocenters. The summed E-state index contributed by atoms with van der Waals surface area (Å²) in [7, 11) is 0. The van der Waals surface area contributed by atoms with E-state index < -0.39 is 0 Å². The van der Waals surface area contributed by atoms with Gasteiger partial charge in [0, 0.05) is 6.42 Å². The zero-order valence-electron chi connectivity index (χ0n) is 9.63. The number of piperidine rings is 1. The Morgan fingerprint density at radius 1 is 1.41 bits per heavy atom. The largest absolute Gasteiger partial charge is 0.374 e. The van der Waals surface area contributed by atoms with Crippen molar-refractivity contribution in [3.63, 3.8) is 0 Å². The quantitative estimate of drug-likeness (QED) is 0.801. The van der Waals surface area contributed by atoms with Crippen LogP contribution in [-0.4, -0.2) is 34.1 Å². The molecule has 7 heteroatoms. The van der Waals surface area contributed by atoms with Crippen molar-refractivity contribution in [2.75, 3.05) is 18.8 Å². The van der Waals surface area contributed by atoms with E-state index in [-0.39, 0.29) is 5.91 Å². The monoisotopic (exact) mass is 255 g/mol. The van der Waals surface area contributed by atoms with Gasteiger partial charge in [0.25, 0.3) is 0 Å². The van der Waals surface area contributed by atoms with Crippen LogP contribution < -0.4 is 11.5 Å². The first-order valence-corrected chi connectivity index (χ1v) is 6.53. The molecule has 0 aliphatic carbocycles. The summed E-state index contributed by atoms with van der Waals surface area (Å²) in [6.07, 6.45) is 2.56. The van der Waals surface area contributed by atoms with Crippen LogP contribution in [0, 0.1) is 5.92 Å². The molecule has 1 saturated heterocycles. The Labute approximate surface area is 104 Å². The Morgan fingerprint density at radius 2 is 2.12 bits per heavy atom. The number of primary amides is 1. The van der Waals surface area contributed by atoms with Gasteiger partial charge in [-0.25, -0.2) is 0 Å². The zero-order valence-corrected chi connectivity index (χ0v) is 10.4. The van der Waals surface area contributed by atoms with Crippen LogP contribution in [0.25, 0.3) is 0 Å². The Morgan fingerprint density at radius 3 is 2.65 bits per heavy atom. The number of anilines is 1. The van der Waals surface area contributed by atoms with Gasteiger partial charge in [0.05, 0.1) is 6.54 Å². The lowest BCUT2D eigenvalue weighted by Gasteiger charge is -2.30. The normalized spacial score (nSPS) is 18.4. The molecule has 94 valence electrons. The second-order valence-electron chi connectivity index (χ2n) is 4.42. The second-order valence-corrected chi connectivity index (χ2v) is 5.52. The van der Waals surface area contributed by atoms with Crippen molar-refractivity contribution < 1.29 is 4.79 Å². The third kappa shape index (κ3) is 3.64. The molecule has 1 amide bonds. The summed E-state index contributed by atoms with van der Waals surface area (Å²) in [6.45, 7) is 2.77. The number of hydrogen-bond acceptors (Lipinski definition) is 6.